The van der Waals surface area contributed by atoms with Crippen LogP contribution < -0.4 is 33.2 Å². The second kappa shape index (κ2) is 14.2. The number of nitrogens with one attached hydrogen (secondary N) is 3. The number of aliphatic hydroxyl groups is 2. The Hall–Kier alpha value is -2.97. The van der Waals surface area contributed by atoms with Crippen molar-refractivity contribution in [3.8, 4) is 0 Å². The maximum absolute atomic E-state index is 12.8. The van der Waals surface area contributed by atoms with Crippen LogP contribution in [-0.4, -0.2) is 87.9 Å². The van der Waals surface area contributed by atoms with Crippen molar-refractivity contribution >= 4 is 29.7 Å². The lowest BCUT2D eigenvalue weighted by Gasteiger charge is -2.27. The van der Waals surface area contributed by atoms with Crippen molar-refractivity contribution in [1.82, 2.24) is 16.0 Å². The van der Waals surface area contributed by atoms with Crippen molar-refractivity contribution in [3.05, 3.63) is 0 Å². The molecule has 0 saturated heterocycles. The highest BCUT2D eigenvalue weighted by molar-refractivity contribution is 5.94. The first kappa shape index (κ1) is 30.0. The summed E-state index contributed by atoms with van der Waals surface area (Å²) in [6, 6.07) is -5.25. The predicted octanol–water partition coefficient (Wildman–Crippen LogP) is -3.68. The Kier molecular flexibility index (Phi) is 13.0. The number of nitrogens with zero attached hydrogens (tertiary/aromatic N) is 1. The average Bonchev–Trinajstić information content (AvgIpc) is 2.69. The fourth-order valence-corrected chi connectivity index (χ4v) is 2.68. The Morgan fingerprint density at radius 2 is 1.39 bits per heavy atom. The van der Waals surface area contributed by atoms with Crippen LogP contribution in [0, 0.1) is 5.92 Å². The standard InChI is InChI=1S/C19H37N7O7/c1-8(2)13(18(32)33)25-15(29)11(6-5-7-23-19(21)22)24-17(31)14(10(4)28)26-16(30)12(20)9(3)27/h8-14,27-28H,5-7,20H2,1-4H3,(H,24,31)(H,25,29)(H,26,30)(H,32,33)(H4,21,22,23). The molecule has 0 fully saturated rings. The quantitative estimate of drug-likeness (QED) is 0.0675. The van der Waals surface area contributed by atoms with E-state index < -0.39 is 66.0 Å². The van der Waals surface area contributed by atoms with E-state index in [2.05, 4.69) is 20.9 Å². The Morgan fingerprint density at radius 3 is 1.82 bits per heavy atom. The summed E-state index contributed by atoms with van der Waals surface area (Å²) in [5.41, 5.74) is 16.1. The molecule has 6 atom stereocenters. The summed E-state index contributed by atoms with van der Waals surface area (Å²) >= 11 is 0. The van der Waals surface area contributed by atoms with Crippen LogP contribution in [0.15, 0.2) is 4.99 Å². The Bertz CT molecular complexity index is 709. The van der Waals surface area contributed by atoms with Gasteiger partial charge in [-0.15, -0.1) is 0 Å². The molecule has 0 aromatic rings. The number of hydrogen-bond donors (Lipinski definition) is 9. The highest BCUT2D eigenvalue weighted by atomic mass is 16.4. The molecule has 14 heteroatoms. The van der Waals surface area contributed by atoms with Crippen LogP contribution in [-0.2, 0) is 19.2 Å². The van der Waals surface area contributed by atoms with Gasteiger partial charge in [-0.3, -0.25) is 19.4 Å². The summed E-state index contributed by atoms with van der Waals surface area (Å²) in [6.45, 7) is 5.89. The molecule has 0 heterocycles. The molecule has 3 amide bonds. The number of carboxylic acid groups (broad SMARTS) is 1. The minimum absolute atomic E-state index is 0.0342. The third-order valence-corrected chi connectivity index (χ3v) is 4.69. The number of nitrogens with two attached hydrogens (primary N) is 3. The third-order valence-electron chi connectivity index (χ3n) is 4.69. The van der Waals surface area contributed by atoms with Gasteiger partial charge in [0.2, 0.25) is 17.7 Å². The number of aliphatic carboxylic acids is 1. The van der Waals surface area contributed by atoms with E-state index in [1.54, 1.807) is 13.8 Å². The van der Waals surface area contributed by atoms with E-state index in [1.807, 2.05) is 0 Å². The summed E-state index contributed by atoms with van der Waals surface area (Å²) < 4.78 is 0. The Labute approximate surface area is 192 Å². The number of amides is 3. The summed E-state index contributed by atoms with van der Waals surface area (Å²) in [5.74, 6) is -4.40. The van der Waals surface area contributed by atoms with E-state index in [-0.39, 0.29) is 25.3 Å². The number of guanidine groups is 1. The monoisotopic (exact) mass is 475 g/mol. The van der Waals surface area contributed by atoms with Crippen molar-refractivity contribution in [3.63, 3.8) is 0 Å². The van der Waals surface area contributed by atoms with Crippen molar-refractivity contribution in [2.45, 2.75) is 76.9 Å². The summed E-state index contributed by atoms with van der Waals surface area (Å²) in [7, 11) is 0. The summed E-state index contributed by atoms with van der Waals surface area (Å²) in [5, 5.41) is 35.8. The van der Waals surface area contributed by atoms with Crippen molar-refractivity contribution in [2.75, 3.05) is 6.54 Å². The predicted molar refractivity (Wildman–Crippen MR) is 120 cm³/mol. The van der Waals surface area contributed by atoms with Gasteiger partial charge in [-0.1, -0.05) is 13.8 Å². The first-order chi connectivity index (χ1) is 15.2. The number of carbonyl (C=O) groups is 4. The third kappa shape index (κ3) is 10.9. The Morgan fingerprint density at radius 1 is 0.848 bits per heavy atom. The van der Waals surface area contributed by atoms with Crippen molar-refractivity contribution in [2.24, 2.45) is 28.1 Å². The molecule has 0 saturated carbocycles. The van der Waals surface area contributed by atoms with E-state index in [4.69, 9.17) is 17.2 Å². The largest absolute Gasteiger partial charge is 0.480 e. The number of hydrogen-bond acceptors (Lipinski definition) is 8. The molecule has 14 nitrogen and oxygen atoms in total. The molecule has 0 aromatic heterocycles. The molecular weight excluding hydrogens is 438 g/mol. The van der Waals surface area contributed by atoms with Gasteiger partial charge in [0.25, 0.3) is 0 Å². The Balaban J connectivity index is 5.55. The van der Waals surface area contributed by atoms with E-state index in [0.29, 0.717) is 0 Å². The van der Waals surface area contributed by atoms with E-state index in [9.17, 15) is 34.5 Å². The van der Waals surface area contributed by atoms with Gasteiger partial charge in [-0.25, -0.2) is 4.79 Å². The number of rotatable bonds is 14. The molecular formula is C19H37N7O7. The maximum Gasteiger partial charge on any atom is 0.326 e. The lowest BCUT2D eigenvalue weighted by molar-refractivity contribution is -0.143. The SMILES string of the molecule is CC(C)C(NC(=O)C(CCCN=C(N)N)NC(=O)C(NC(=O)C(N)C(C)O)C(C)O)C(=O)O. The molecule has 12 N–H and O–H groups in total. The smallest absolute Gasteiger partial charge is 0.326 e. The lowest BCUT2D eigenvalue weighted by atomic mass is 10.0. The van der Waals surface area contributed by atoms with Crippen LogP contribution in [0.4, 0.5) is 0 Å². The second-order valence-electron chi connectivity index (χ2n) is 8.07. The lowest BCUT2D eigenvalue weighted by Crippen LogP contribution is -2.60. The molecule has 0 aliphatic rings. The van der Waals surface area contributed by atoms with Crippen LogP contribution in [0.5, 0.6) is 0 Å². The molecule has 0 aromatic carbocycles. The van der Waals surface area contributed by atoms with E-state index >= 15 is 0 Å². The molecule has 0 spiro atoms. The van der Waals surface area contributed by atoms with Gasteiger partial charge in [0.1, 0.15) is 24.2 Å². The van der Waals surface area contributed by atoms with E-state index in [1.165, 1.54) is 13.8 Å². The van der Waals surface area contributed by atoms with Crippen LogP contribution in [0.1, 0.15) is 40.5 Å². The molecule has 0 radical (unpaired) electrons. The summed E-state index contributed by atoms with van der Waals surface area (Å²) in [6.07, 6.45) is -2.29. The minimum atomic E-state index is -1.49. The van der Waals surface area contributed by atoms with Crippen LogP contribution in [0.2, 0.25) is 0 Å². The first-order valence-corrected chi connectivity index (χ1v) is 10.5. The van der Waals surface area contributed by atoms with Crippen LogP contribution in [0.3, 0.4) is 0 Å². The molecule has 0 aliphatic carbocycles. The minimum Gasteiger partial charge on any atom is -0.480 e. The fraction of sp³-hybridized carbons (Fsp3) is 0.737. The zero-order valence-electron chi connectivity index (χ0n) is 19.3. The van der Waals surface area contributed by atoms with Gasteiger partial charge in [0.05, 0.1) is 12.2 Å². The molecule has 0 bridgehead atoms. The molecule has 6 unspecified atom stereocenters. The first-order valence-electron chi connectivity index (χ1n) is 10.5. The topological polar surface area (TPSA) is 255 Å². The fourth-order valence-electron chi connectivity index (χ4n) is 2.68. The molecule has 33 heavy (non-hydrogen) atoms. The zero-order valence-corrected chi connectivity index (χ0v) is 19.3. The number of aliphatic imine (C=N–C) groups is 1. The van der Waals surface area contributed by atoms with Gasteiger partial charge in [0.15, 0.2) is 5.96 Å². The van der Waals surface area contributed by atoms with Gasteiger partial charge in [-0.05, 0) is 32.6 Å². The van der Waals surface area contributed by atoms with Gasteiger partial charge in [0, 0.05) is 6.54 Å². The molecule has 0 rings (SSSR count). The number of carboxylic acids is 1. The van der Waals surface area contributed by atoms with Crippen molar-refractivity contribution in [1.29, 1.82) is 0 Å². The second-order valence-corrected chi connectivity index (χ2v) is 8.07. The van der Waals surface area contributed by atoms with Crippen LogP contribution >= 0.6 is 0 Å². The normalized spacial score (nSPS) is 16.5. The van der Waals surface area contributed by atoms with E-state index in [0.717, 1.165) is 0 Å². The zero-order chi connectivity index (χ0) is 25.9. The van der Waals surface area contributed by atoms with Crippen molar-refractivity contribution < 1.29 is 34.5 Å². The van der Waals surface area contributed by atoms with Gasteiger partial charge in [-0.2, -0.15) is 0 Å². The molecule has 0 aliphatic heterocycles. The maximum atomic E-state index is 12.8. The summed E-state index contributed by atoms with van der Waals surface area (Å²) in [4.78, 5) is 52.9. The van der Waals surface area contributed by atoms with Crippen LogP contribution in [0.25, 0.3) is 0 Å². The van der Waals surface area contributed by atoms with Gasteiger partial charge < -0.3 is 48.5 Å². The highest BCUT2D eigenvalue weighted by Gasteiger charge is 2.33. The highest BCUT2D eigenvalue weighted by Crippen LogP contribution is 2.06. The number of aliphatic hydroxyl groups excluding tert-OH is 2. The number of carbonyl (C=O) groups excluding carboxylic acids is 3. The molecule has 190 valence electrons. The van der Waals surface area contributed by atoms with Gasteiger partial charge >= 0.3 is 5.97 Å². The average molecular weight is 476 g/mol.